The Morgan fingerprint density at radius 1 is 0.950 bits per heavy atom. The lowest BCUT2D eigenvalue weighted by Crippen LogP contribution is -2.52. The van der Waals surface area contributed by atoms with Crippen molar-refractivity contribution in [2.45, 2.75) is 64.6 Å². The van der Waals surface area contributed by atoms with Crippen LogP contribution in [0.5, 0.6) is 0 Å². The van der Waals surface area contributed by atoms with Crippen molar-refractivity contribution in [3.8, 4) is 0 Å². The van der Waals surface area contributed by atoms with Crippen molar-refractivity contribution in [1.82, 2.24) is 10.2 Å². The van der Waals surface area contributed by atoms with Crippen molar-refractivity contribution in [1.29, 1.82) is 0 Å². The molecule has 0 saturated carbocycles. The van der Waals surface area contributed by atoms with E-state index in [1.165, 1.54) is 17.0 Å². The van der Waals surface area contributed by atoms with Crippen molar-refractivity contribution in [3.63, 3.8) is 0 Å². The first-order valence-electron chi connectivity index (χ1n) is 13.0. The van der Waals surface area contributed by atoms with Gasteiger partial charge in [0, 0.05) is 22.6 Å². The summed E-state index contributed by atoms with van der Waals surface area (Å²) in [6.07, 6.45) is 0.714. The van der Waals surface area contributed by atoms with Crippen molar-refractivity contribution in [2.24, 2.45) is 0 Å². The highest BCUT2D eigenvalue weighted by Gasteiger charge is 2.33. The zero-order valence-corrected chi connectivity index (χ0v) is 25.6. The van der Waals surface area contributed by atoms with Gasteiger partial charge in [0.2, 0.25) is 11.8 Å². The fourth-order valence-corrected chi connectivity index (χ4v) is 6.02. The maximum atomic E-state index is 14.0. The van der Waals surface area contributed by atoms with Crippen LogP contribution in [-0.4, -0.2) is 43.8 Å². The molecule has 3 aromatic rings. The number of nitrogens with one attached hydrogen (secondary N) is 1. The maximum Gasteiger partial charge on any atom is 0.264 e. The molecule has 0 aliphatic carbocycles. The van der Waals surface area contributed by atoms with Gasteiger partial charge in [0.25, 0.3) is 10.0 Å². The average Bonchev–Trinajstić information content (AvgIpc) is 2.91. The Bertz CT molecular complexity index is 1460. The summed E-state index contributed by atoms with van der Waals surface area (Å²) in [5.74, 6) is -0.909. The molecular formula is C30H35Cl2N3O4S. The molecule has 214 valence electrons. The molecule has 0 aromatic heterocycles. The fourth-order valence-electron chi connectivity index (χ4n) is 4.08. The van der Waals surface area contributed by atoms with Gasteiger partial charge >= 0.3 is 0 Å². The van der Waals surface area contributed by atoms with E-state index in [2.05, 4.69) is 5.32 Å². The molecule has 10 heteroatoms. The van der Waals surface area contributed by atoms with Crippen LogP contribution < -0.4 is 9.62 Å². The lowest BCUT2D eigenvalue weighted by atomic mass is 10.1. The summed E-state index contributed by atoms with van der Waals surface area (Å²) in [4.78, 5) is 28.6. The summed E-state index contributed by atoms with van der Waals surface area (Å²) in [6.45, 7) is 8.55. The first kappa shape index (κ1) is 31.5. The molecule has 40 heavy (non-hydrogen) atoms. The van der Waals surface area contributed by atoms with Gasteiger partial charge in [0.15, 0.2) is 0 Å². The molecule has 2 unspecified atom stereocenters. The van der Waals surface area contributed by atoms with E-state index in [1.807, 2.05) is 20.8 Å². The Balaban J connectivity index is 2.06. The molecule has 0 heterocycles. The molecule has 3 rings (SSSR count). The molecule has 7 nitrogen and oxygen atoms in total. The molecular weight excluding hydrogens is 569 g/mol. The number of hydrogen-bond donors (Lipinski definition) is 1. The van der Waals surface area contributed by atoms with Gasteiger partial charge in [-0.15, -0.1) is 0 Å². The fraction of sp³-hybridized carbons (Fsp3) is 0.333. The van der Waals surface area contributed by atoms with Crippen LogP contribution in [0.25, 0.3) is 0 Å². The van der Waals surface area contributed by atoms with Crippen LogP contribution in [0.4, 0.5) is 5.69 Å². The third kappa shape index (κ3) is 7.56. The first-order valence-corrected chi connectivity index (χ1v) is 15.2. The molecule has 3 aromatic carbocycles. The van der Waals surface area contributed by atoms with Crippen LogP contribution >= 0.6 is 23.2 Å². The zero-order valence-electron chi connectivity index (χ0n) is 23.3. The number of anilines is 1. The van der Waals surface area contributed by atoms with Crippen molar-refractivity contribution in [2.75, 3.05) is 10.8 Å². The summed E-state index contributed by atoms with van der Waals surface area (Å²) in [5.41, 5.74) is 2.54. The summed E-state index contributed by atoms with van der Waals surface area (Å²) < 4.78 is 29.0. The monoisotopic (exact) mass is 603 g/mol. The predicted octanol–water partition coefficient (Wildman–Crippen LogP) is 6.14. The molecule has 0 radical (unpaired) electrons. The van der Waals surface area contributed by atoms with E-state index in [4.69, 9.17) is 23.2 Å². The van der Waals surface area contributed by atoms with Crippen molar-refractivity contribution in [3.05, 3.63) is 93.5 Å². The van der Waals surface area contributed by atoms with Crippen molar-refractivity contribution < 1.29 is 18.0 Å². The zero-order chi connectivity index (χ0) is 29.6. The second-order valence-electron chi connectivity index (χ2n) is 9.86. The van der Waals surface area contributed by atoms with Gasteiger partial charge in [0.1, 0.15) is 12.6 Å². The topological polar surface area (TPSA) is 86.8 Å². The Kier molecular flexibility index (Phi) is 10.6. The number of para-hydroxylation sites is 1. The average molecular weight is 605 g/mol. The van der Waals surface area contributed by atoms with E-state index in [0.29, 0.717) is 33.3 Å². The van der Waals surface area contributed by atoms with E-state index < -0.39 is 28.5 Å². The summed E-state index contributed by atoms with van der Waals surface area (Å²) in [5, 5.41) is 3.68. The lowest BCUT2D eigenvalue weighted by Gasteiger charge is -2.33. The molecule has 0 spiro atoms. The van der Waals surface area contributed by atoms with Crippen LogP contribution in [0, 0.1) is 13.8 Å². The Labute approximate surface area is 247 Å². The van der Waals surface area contributed by atoms with Gasteiger partial charge in [-0.2, -0.15) is 0 Å². The summed E-state index contributed by atoms with van der Waals surface area (Å²) in [6, 6.07) is 17.3. The van der Waals surface area contributed by atoms with Gasteiger partial charge in [-0.3, -0.25) is 13.9 Å². The van der Waals surface area contributed by atoms with Gasteiger partial charge < -0.3 is 10.2 Å². The minimum absolute atomic E-state index is 0.0177. The normalized spacial score (nSPS) is 12.9. The molecule has 0 fully saturated rings. The summed E-state index contributed by atoms with van der Waals surface area (Å²) in [7, 11) is -4.14. The van der Waals surface area contributed by atoms with Crippen LogP contribution in [-0.2, 0) is 26.2 Å². The second kappa shape index (κ2) is 13.5. The standard InChI is InChI=1S/C30H35Cl2N3O4S/c1-6-22(4)33-30(37)23(5)34(18-24-13-14-25(31)17-27(24)32)29(36)19-35(28-10-8-7-9-21(28)3)40(38,39)26-15-11-20(2)12-16-26/h7-17,22-23H,6,18-19H2,1-5H3,(H,33,37). The number of nitrogens with zero attached hydrogens (tertiary/aromatic N) is 2. The number of benzene rings is 3. The SMILES string of the molecule is CCC(C)NC(=O)C(C)N(Cc1ccc(Cl)cc1Cl)C(=O)CN(c1ccccc1C)S(=O)(=O)c1ccc(C)cc1. The largest absolute Gasteiger partial charge is 0.352 e. The number of rotatable bonds is 11. The van der Waals surface area contributed by atoms with Crippen LogP contribution in [0.2, 0.25) is 10.0 Å². The number of halogens is 2. The van der Waals surface area contributed by atoms with E-state index in [9.17, 15) is 18.0 Å². The third-order valence-electron chi connectivity index (χ3n) is 6.80. The van der Waals surface area contributed by atoms with Crippen LogP contribution in [0.1, 0.15) is 43.9 Å². The smallest absolute Gasteiger partial charge is 0.264 e. The minimum atomic E-state index is -4.14. The van der Waals surface area contributed by atoms with Crippen molar-refractivity contribution >= 4 is 50.7 Å². The van der Waals surface area contributed by atoms with E-state index in [1.54, 1.807) is 68.4 Å². The first-order chi connectivity index (χ1) is 18.8. The highest BCUT2D eigenvalue weighted by molar-refractivity contribution is 7.92. The highest BCUT2D eigenvalue weighted by Crippen LogP contribution is 2.28. The molecule has 0 aliphatic rings. The van der Waals surface area contributed by atoms with Gasteiger partial charge in [-0.25, -0.2) is 8.42 Å². The number of aryl methyl sites for hydroxylation is 2. The Morgan fingerprint density at radius 2 is 1.60 bits per heavy atom. The quantitative estimate of drug-likeness (QED) is 0.285. The van der Waals surface area contributed by atoms with Crippen LogP contribution in [0.15, 0.2) is 71.6 Å². The van der Waals surface area contributed by atoms with Gasteiger partial charge in [0.05, 0.1) is 10.6 Å². The maximum absolute atomic E-state index is 14.0. The lowest BCUT2D eigenvalue weighted by molar-refractivity contribution is -0.139. The molecule has 0 bridgehead atoms. The van der Waals surface area contributed by atoms with E-state index >= 15 is 0 Å². The van der Waals surface area contributed by atoms with Crippen LogP contribution in [0.3, 0.4) is 0 Å². The number of amides is 2. The minimum Gasteiger partial charge on any atom is -0.352 e. The Morgan fingerprint density at radius 3 is 2.20 bits per heavy atom. The molecule has 2 atom stereocenters. The Hall–Kier alpha value is -3.07. The van der Waals surface area contributed by atoms with Gasteiger partial charge in [-0.1, -0.05) is 72.1 Å². The third-order valence-corrected chi connectivity index (χ3v) is 9.16. The number of carbonyl (C=O) groups is 2. The molecule has 2 amide bonds. The second-order valence-corrected chi connectivity index (χ2v) is 12.6. The molecule has 0 saturated heterocycles. The van der Waals surface area contributed by atoms with Gasteiger partial charge in [-0.05, 0) is 75.6 Å². The predicted molar refractivity (Wildman–Crippen MR) is 161 cm³/mol. The molecule has 1 N–H and O–H groups in total. The van der Waals surface area contributed by atoms with E-state index in [-0.39, 0.29) is 23.4 Å². The van der Waals surface area contributed by atoms with E-state index in [0.717, 1.165) is 9.87 Å². The molecule has 0 aliphatic heterocycles. The number of sulfonamides is 1. The summed E-state index contributed by atoms with van der Waals surface area (Å²) >= 11 is 12.5. The number of carbonyl (C=O) groups excluding carboxylic acids is 2. The highest BCUT2D eigenvalue weighted by atomic mass is 35.5. The number of hydrogen-bond acceptors (Lipinski definition) is 4.